The van der Waals surface area contributed by atoms with Gasteiger partial charge in [0.2, 0.25) is 10.0 Å². The molecule has 0 spiro atoms. The van der Waals surface area contributed by atoms with Crippen LogP contribution in [0.15, 0.2) is 15.6 Å². The van der Waals surface area contributed by atoms with Crippen molar-refractivity contribution in [3.05, 3.63) is 23.3 Å². The van der Waals surface area contributed by atoms with Crippen LogP contribution < -0.4 is 5.32 Å². The number of hydrogen-bond donors (Lipinski definition) is 1. The Bertz CT molecular complexity index is 918. The Balaban J connectivity index is 1.72. The van der Waals surface area contributed by atoms with Crippen molar-refractivity contribution in [3.63, 3.8) is 0 Å². The first kappa shape index (κ1) is 20.4. The van der Waals surface area contributed by atoms with Gasteiger partial charge in [-0.2, -0.15) is 4.31 Å². The molecule has 1 fully saturated rings. The zero-order chi connectivity index (χ0) is 20.3. The van der Waals surface area contributed by atoms with Crippen LogP contribution in [-0.2, 0) is 21.3 Å². The number of carbonyl (C=O) groups excluding carboxylic acids is 1. The van der Waals surface area contributed by atoms with Gasteiger partial charge in [-0.1, -0.05) is 10.4 Å². The number of aryl methyl sites for hydroxylation is 2. The molecule has 2 aromatic heterocycles. The molecule has 3 heterocycles. The number of amides is 1. The second-order valence-corrected chi connectivity index (χ2v) is 8.47. The Labute approximate surface area is 163 Å². The lowest BCUT2D eigenvalue weighted by molar-refractivity contribution is 0.0932. The van der Waals surface area contributed by atoms with Crippen LogP contribution in [0.1, 0.15) is 34.8 Å². The lowest BCUT2D eigenvalue weighted by atomic mass is 10.2. The van der Waals surface area contributed by atoms with Gasteiger partial charge in [0.15, 0.2) is 11.5 Å². The van der Waals surface area contributed by atoms with Crippen LogP contribution in [0.2, 0.25) is 0 Å². The Morgan fingerprint density at radius 1 is 1.43 bits per heavy atom. The third kappa shape index (κ3) is 4.08. The van der Waals surface area contributed by atoms with Gasteiger partial charge in [0.1, 0.15) is 10.6 Å². The van der Waals surface area contributed by atoms with E-state index in [4.69, 9.17) is 9.26 Å². The van der Waals surface area contributed by atoms with Crippen molar-refractivity contribution in [2.75, 3.05) is 26.8 Å². The summed E-state index contributed by atoms with van der Waals surface area (Å²) in [5.74, 6) is -0.0751. The molecule has 0 bridgehead atoms. The SMILES string of the molecule is COCCNC(=O)c1cn(CC2CCCN2S(=O)(=O)c2c(C)noc2C)nn1. The van der Waals surface area contributed by atoms with Crippen LogP contribution in [0.5, 0.6) is 0 Å². The Kier molecular flexibility index (Phi) is 6.10. The van der Waals surface area contributed by atoms with Gasteiger partial charge in [-0.15, -0.1) is 5.10 Å². The fraction of sp³-hybridized carbons (Fsp3) is 0.625. The molecule has 0 saturated carbocycles. The molecule has 1 aliphatic heterocycles. The summed E-state index contributed by atoms with van der Waals surface area (Å²) in [4.78, 5) is 12.1. The van der Waals surface area contributed by atoms with E-state index in [9.17, 15) is 13.2 Å². The number of nitrogens with one attached hydrogen (secondary N) is 1. The minimum atomic E-state index is -3.73. The largest absolute Gasteiger partial charge is 0.383 e. The number of carbonyl (C=O) groups is 1. The Hall–Kier alpha value is -2.31. The molecule has 3 rings (SSSR count). The summed E-state index contributed by atoms with van der Waals surface area (Å²) in [6, 6.07) is -0.287. The van der Waals surface area contributed by atoms with E-state index >= 15 is 0 Å². The minimum absolute atomic E-state index is 0.121. The van der Waals surface area contributed by atoms with E-state index in [1.165, 1.54) is 15.2 Å². The molecule has 12 heteroatoms. The van der Waals surface area contributed by atoms with Crippen LogP contribution in [0, 0.1) is 13.8 Å². The third-order valence-electron chi connectivity index (χ3n) is 4.62. The summed E-state index contributed by atoms with van der Waals surface area (Å²) in [6.45, 7) is 4.69. The van der Waals surface area contributed by atoms with Gasteiger partial charge < -0.3 is 14.6 Å². The van der Waals surface area contributed by atoms with Crippen LogP contribution in [0.25, 0.3) is 0 Å². The summed E-state index contributed by atoms with van der Waals surface area (Å²) in [7, 11) is -2.18. The Morgan fingerprint density at radius 3 is 2.89 bits per heavy atom. The molecule has 1 aliphatic rings. The lowest BCUT2D eigenvalue weighted by Crippen LogP contribution is -2.38. The normalized spacial score (nSPS) is 17.9. The van der Waals surface area contributed by atoms with Crippen molar-refractivity contribution < 1.29 is 22.5 Å². The van der Waals surface area contributed by atoms with Crippen molar-refractivity contribution in [3.8, 4) is 0 Å². The van der Waals surface area contributed by atoms with E-state index in [1.54, 1.807) is 21.0 Å². The standard InChI is InChI=1S/C16H24N6O5S/c1-11-15(12(2)27-19-11)28(24,25)22-7-4-5-13(22)9-21-10-14(18-20-21)16(23)17-6-8-26-3/h10,13H,4-9H2,1-3H3,(H,17,23). The monoisotopic (exact) mass is 412 g/mol. The fourth-order valence-electron chi connectivity index (χ4n) is 3.33. The van der Waals surface area contributed by atoms with Crippen molar-refractivity contribution in [1.29, 1.82) is 0 Å². The number of ether oxygens (including phenoxy) is 1. The number of sulfonamides is 1. The van der Waals surface area contributed by atoms with Crippen molar-refractivity contribution in [1.82, 2.24) is 29.8 Å². The maximum atomic E-state index is 13.1. The first-order valence-electron chi connectivity index (χ1n) is 8.96. The van der Waals surface area contributed by atoms with Crippen LogP contribution in [0.4, 0.5) is 0 Å². The topological polar surface area (TPSA) is 132 Å². The van der Waals surface area contributed by atoms with E-state index in [1.807, 2.05) is 0 Å². The first-order chi connectivity index (χ1) is 13.3. The molecule has 1 amide bonds. The molecule has 28 heavy (non-hydrogen) atoms. The summed E-state index contributed by atoms with van der Waals surface area (Å²) >= 11 is 0. The fourth-order valence-corrected chi connectivity index (χ4v) is 5.31. The maximum Gasteiger partial charge on any atom is 0.273 e. The number of nitrogens with zero attached hydrogens (tertiary/aromatic N) is 5. The zero-order valence-corrected chi connectivity index (χ0v) is 16.9. The number of rotatable bonds is 8. The molecule has 1 unspecified atom stereocenters. The molecule has 154 valence electrons. The minimum Gasteiger partial charge on any atom is -0.383 e. The van der Waals surface area contributed by atoms with E-state index in [0.717, 1.165) is 6.42 Å². The molecule has 2 aromatic rings. The van der Waals surface area contributed by atoms with Crippen molar-refractivity contribution in [2.45, 2.75) is 44.2 Å². The summed E-state index contributed by atoms with van der Waals surface area (Å²) in [6.07, 6.45) is 2.95. The van der Waals surface area contributed by atoms with Gasteiger partial charge in [-0.25, -0.2) is 8.42 Å². The lowest BCUT2D eigenvalue weighted by Gasteiger charge is -2.23. The highest BCUT2D eigenvalue weighted by molar-refractivity contribution is 7.89. The maximum absolute atomic E-state index is 13.1. The highest BCUT2D eigenvalue weighted by atomic mass is 32.2. The van der Waals surface area contributed by atoms with E-state index < -0.39 is 10.0 Å². The van der Waals surface area contributed by atoms with Crippen molar-refractivity contribution in [2.24, 2.45) is 0 Å². The molecule has 0 aliphatic carbocycles. The van der Waals surface area contributed by atoms with Gasteiger partial charge in [0, 0.05) is 26.2 Å². The van der Waals surface area contributed by atoms with E-state index in [-0.39, 0.29) is 28.3 Å². The Morgan fingerprint density at radius 2 is 2.21 bits per heavy atom. The molecular weight excluding hydrogens is 388 g/mol. The average Bonchev–Trinajstić information content (AvgIpc) is 3.36. The van der Waals surface area contributed by atoms with Crippen LogP contribution >= 0.6 is 0 Å². The highest BCUT2D eigenvalue weighted by Gasteiger charge is 2.38. The van der Waals surface area contributed by atoms with Crippen LogP contribution in [-0.4, -0.2) is 71.6 Å². The van der Waals surface area contributed by atoms with Gasteiger partial charge in [-0.05, 0) is 26.7 Å². The van der Waals surface area contributed by atoms with Crippen molar-refractivity contribution >= 4 is 15.9 Å². The van der Waals surface area contributed by atoms with Gasteiger partial charge >= 0.3 is 0 Å². The molecular formula is C16H24N6O5S. The predicted octanol–water partition coefficient (Wildman–Crippen LogP) is 0.112. The number of hydrogen-bond acceptors (Lipinski definition) is 8. The van der Waals surface area contributed by atoms with E-state index in [0.29, 0.717) is 38.4 Å². The molecule has 11 nitrogen and oxygen atoms in total. The highest BCUT2D eigenvalue weighted by Crippen LogP contribution is 2.30. The predicted molar refractivity (Wildman–Crippen MR) is 97.1 cm³/mol. The summed E-state index contributed by atoms with van der Waals surface area (Å²) in [5.41, 5.74) is 0.521. The van der Waals surface area contributed by atoms with Gasteiger partial charge in [-0.3, -0.25) is 9.48 Å². The number of aromatic nitrogens is 4. The summed E-state index contributed by atoms with van der Waals surface area (Å²) < 4.78 is 39.1. The van der Waals surface area contributed by atoms with E-state index in [2.05, 4.69) is 20.8 Å². The second-order valence-electron chi connectivity index (χ2n) is 6.64. The summed E-state index contributed by atoms with van der Waals surface area (Å²) in [5, 5.41) is 14.3. The number of methoxy groups -OCH3 is 1. The third-order valence-corrected chi connectivity index (χ3v) is 6.82. The quantitative estimate of drug-likeness (QED) is 0.604. The molecule has 1 saturated heterocycles. The average molecular weight is 412 g/mol. The molecule has 0 radical (unpaired) electrons. The van der Waals surface area contributed by atoms with Gasteiger partial charge in [0.25, 0.3) is 5.91 Å². The smallest absolute Gasteiger partial charge is 0.273 e. The second kappa shape index (κ2) is 8.37. The zero-order valence-electron chi connectivity index (χ0n) is 16.1. The van der Waals surface area contributed by atoms with Crippen LogP contribution in [0.3, 0.4) is 0 Å². The molecule has 1 atom stereocenters. The first-order valence-corrected chi connectivity index (χ1v) is 10.4. The molecule has 1 N–H and O–H groups in total. The van der Waals surface area contributed by atoms with Gasteiger partial charge in [0.05, 0.1) is 19.3 Å². The molecule has 0 aromatic carbocycles.